The summed E-state index contributed by atoms with van der Waals surface area (Å²) in [6.07, 6.45) is 0. The SMILES string of the molecule is Cc1nc(CSc2nc(Nc3ccccc3-c3ccccc3)n[nH]2)cs1. The van der Waals surface area contributed by atoms with E-state index in [1.165, 1.54) is 0 Å². The quantitative estimate of drug-likeness (QED) is 0.447. The van der Waals surface area contributed by atoms with Crippen LogP contribution in [0.25, 0.3) is 11.1 Å². The number of rotatable bonds is 6. The molecule has 2 heterocycles. The van der Waals surface area contributed by atoms with Crippen LogP contribution < -0.4 is 5.32 Å². The van der Waals surface area contributed by atoms with Crippen LogP contribution in [0.1, 0.15) is 10.7 Å². The molecule has 0 bridgehead atoms. The molecule has 0 aliphatic rings. The van der Waals surface area contributed by atoms with Crippen molar-refractivity contribution in [3.8, 4) is 11.1 Å². The van der Waals surface area contributed by atoms with Crippen molar-refractivity contribution in [1.29, 1.82) is 0 Å². The van der Waals surface area contributed by atoms with Crippen LogP contribution in [0.4, 0.5) is 11.6 Å². The van der Waals surface area contributed by atoms with E-state index in [9.17, 15) is 0 Å². The fourth-order valence-electron chi connectivity index (χ4n) is 2.57. The highest BCUT2D eigenvalue weighted by atomic mass is 32.2. The normalized spacial score (nSPS) is 10.8. The number of aromatic nitrogens is 4. The molecule has 0 atom stereocenters. The molecule has 7 heteroatoms. The number of thiazole rings is 1. The minimum absolute atomic E-state index is 0.560. The van der Waals surface area contributed by atoms with E-state index in [1.54, 1.807) is 23.1 Å². The number of hydrogen-bond acceptors (Lipinski definition) is 6. The van der Waals surface area contributed by atoms with Gasteiger partial charge in [-0.2, -0.15) is 4.98 Å². The summed E-state index contributed by atoms with van der Waals surface area (Å²) >= 11 is 3.26. The second kappa shape index (κ2) is 7.72. The molecule has 2 N–H and O–H groups in total. The molecule has 0 spiro atoms. The molecular weight excluding hydrogens is 362 g/mol. The van der Waals surface area contributed by atoms with Crippen LogP contribution in [-0.2, 0) is 5.75 Å². The van der Waals surface area contributed by atoms with Gasteiger partial charge in [-0.3, -0.25) is 5.10 Å². The first-order valence-corrected chi connectivity index (χ1v) is 10.0. The second-order valence-electron chi connectivity index (χ2n) is 5.65. The maximum absolute atomic E-state index is 4.52. The summed E-state index contributed by atoms with van der Waals surface area (Å²) in [5, 5.41) is 14.5. The average Bonchev–Trinajstić information content (AvgIpc) is 3.30. The van der Waals surface area contributed by atoms with E-state index in [0.29, 0.717) is 5.95 Å². The maximum Gasteiger partial charge on any atom is 0.247 e. The lowest BCUT2D eigenvalue weighted by atomic mass is 10.0. The van der Waals surface area contributed by atoms with Gasteiger partial charge in [-0.1, -0.05) is 60.3 Å². The van der Waals surface area contributed by atoms with Crippen molar-refractivity contribution in [1.82, 2.24) is 20.2 Å². The summed E-state index contributed by atoms with van der Waals surface area (Å²) in [4.78, 5) is 8.99. The van der Waals surface area contributed by atoms with Crippen molar-refractivity contribution in [3.05, 3.63) is 70.7 Å². The van der Waals surface area contributed by atoms with E-state index in [-0.39, 0.29) is 0 Å². The lowest BCUT2D eigenvalue weighted by Gasteiger charge is -2.09. The molecule has 0 aliphatic carbocycles. The number of nitrogens with one attached hydrogen (secondary N) is 2. The van der Waals surface area contributed by atoms with Crippen LogP contribution in [0.15, 0.2) is 65.1 Å². The van der Waals surface area contributed by atoms with Gasteiger partial charge in [0.25, 0.3) is 0 Å². The van der Waals surface area contributed by atoms with Crippen molar-refractivity contribution in [3.63, 3.8) is 0 Å². The Morgan fingerprint density at radius 1 is 1.04 bits per heavy atom. The van der Waals surface area contributed by atoms with Crippen molar-refractivity contribution in [2.24, 2.45) is 0 Å². The van der Waals surface area contributed by atoms with Gasteiger partial charge in [0.1, 0.15) is 0 Å². The fourth-order valence-corrected chi connectivity index (χ4v) is 3.98. The van der Waals surface area contributed by atoms with E-state index < -0.39 is 0 Å². The average molecular weight is 380 g/mol. The number of anilines is 2. The zero-order chi connectivity index (χ0) is 17.8. The number of benzene rings is 2. The number of nitrogens with zero attached hydrogens (tertiary/aromatic N) is 3. The third-order valence-electron chi connectivity index (χ3n) is 3.75. The van der Waals surface area contributed by atoms with Crippen molar-refractivity contribution in [2.75, 3.05) is 5.32 Å². The van der Waals surface area contributed by atoms with Gasteiger partial charge in [-0.15, -0.1) is 16.4 Å². The second-order valence-corrected chi connectivity index (χ2v) is 7.67. The van der Waals surface area contributed by atoms with E-state index >= 15 is 0 Å². The molecule has 130 valence electrons. The van der Waals surface area contributed by atoms with Crippen LogP contribution in [0, 0.1) is 6.92 Å². The molecule has 0 amide bonds. The number of aromatic amines is 1. The number of para-hydroxylation sites is 1. The summed E-state index contributed by atoms with van der Waals surface area (Å²) in [5.74, 6) is 1.34. The minimum atomic E-state index is 0.560. The van der Waals surface area contributed by atoms with E-state index in [1.807, 2.05) is 43.3 Å². The molecule has 0 aliphatic heterocycles. The molecule has 2 aromatic carbocycles. The Morgan fingerprint density at radius 2 is 1.85 bits per heavy atom. The molecule has 0 saturated carbocycles. The Hall–Kier alpha value is -2.64. The Bertz CT molecular complexity index is 994. The van der Waals surface area contributed by atoms with E-state index in [2.05, 4.69) is 49.1 Å². The zero-order valence-corrected chi connectivity index (χ0v) is 15.8. The molecule has 26 heavy (non-hydrogen) atoms. The standard InChI is InChI=1S/C19H17N5S2/c1-13-20-15(11-25-13)12-26-19-22-18(23-24-19)21-17-10-6-5-9-16(17)14-7-3-2-4-8-14/h2-11H,12H2,1H3,(H2,21,22,23,24). The Labute approximate surface area is 159 Å². The molecule has 2 aromatic heterocycles. The van der Waals surface area contributed by atoms with Crippen molar-refractivity contribution < 1.29 is 0 Å². The van der Waals surface area contributed by atoms with Crippen molar-refractivity contribution >= 4 is 34.7 Å². The molecule has 4 aromatic rings. The summed E-state index contributed by atoms with van der Waals surface area (Å²) in [6, 6.07) is 18.4. The summed E-state index contributed by atoms with van der Waals surface area (Å²) < 4.78 is 0. The third-order valence-corrected chi connectivity index (χ3v) is 5.47. The minimum Gasteiger partial charge on any atom is -0.322 e. The number of aryl methyl sites for hydroxylation is 1. The lowest BCUT2D eigenvalue weighted by molar-refractivity contribution is 0.972. The number of hydrogen-bond donors (Lipinski definition) is 2. The molecule has 4 rings (SSSR count). The fraction of sp³-hybridized carbons (Fsp3) is 0.105. The summed E-state index contributed by atoms with van der Waals surface area (Å²) in [5.41, 5.74) is 4.31. The van der Waals surface area contributed by atoms with Gasteiger partial charge in [0, 0.05) is 22.4 Å². The van der Waals surface area contributed by atoms with Gasteiger partial charge >= 0.3 is 0 Å². The smallest absolute Gasteiger partial charge is 0.247 e. The van der Waals surface area contributed by atoms with Gasteiger partial charge in [-0.25, -0.2) is 4.98 Å². The topological polar surface area (TPSA) is 66.5 Å². The van der Waals surface area contributed by atoms with E-state index in [4.69, 9.17) is 0 Å². The highest BCUT2D eigenvalue weighted by Gasteiger charge is 2.09. The number of H-pyrrole nitrogens is 1. The van der Waals surface area contributed by atoms with Crippen LogP contribution in [0.2, 0.25) is 0 Å². The first-order chi connectivity index (χ1) is 12.8. The Morgan fingerprint density at radius 3 is 2.65 bits per heavy atom. The molecule has 0 fully saturated rings. The molecule has 0 saturated heterocycles. The summed E-state index contributed by atoms with van der Waals surface area (Å²) in [7, 11) is 0. The van der Waals surface area contributed by atoms with Crippen LogP contribution >= 0.6 is 23.1 Å². The first-order valence-electron chi connectivity index (χ1n) is 8.15. The predicted octanol–water partition coefficient (Wildman–Crippen LogP) is 5.27. The lowest BCUT2D eigenvalue weighted by Crippen LogP contribution is -1.95. The predicted molar refractivity (Wildman–Crippen MR) is 108 cm³/mol. The Balaban J connectivity index is 1.48. The van der Waals surface area contributed by atoms with Crippen LogP contribution in [-0.4, -0.2) is 20.2 Å². The van der Waals surface area contributed by atoms with Crippen LogP contribution in [0.5, 0.6) is 0 Å². The van der Waals surface area contributed by atoms with Gasteiger partial charge in [0.2, 0.25) is 5.95 Å². The Kier molecular flexibility index (Phi) is 4.99. The molecule has 0 radical (unpaired) electrons. The van der Waals surface area contributed by atoms with E-state index in [0.717, 1.165) is 38.4 Å². The largest absolute Gasteiger partial charge is 0.322 e. The molecule has 5 nitrogen and oxygen atoms in total. The van der Waals surface area contributed by atoms with Gasteiger partial charge in [0.05, 0.1) is 10.7 Å². The first kappa shape index (κ1) is 16.8. The molecule has 0 unspecified atom stereocenters. The van der Waals surface area contributed by atoms with Gasteiger partial charge in [-0.05, 0) is 18.6 Å². The summed E-state index contributed by atoms with van der Waals surface area (Å²) in [6.45, 7) is 2.01. The maximum atomic E-state index is 4.52. The highest BCUT2D eigenvalue weighted by Crippen LogP contribution is 2.29. The number of thioether (sulfide) groups is 1. The third kappa shape index (κ3) is 3.95. The molecular formula is C19H17N5S2. The van der Waals surface area contributed by atoms with Crippen molar-refractivity contribution in [2.45, 2.75) is 17.8 Å². The van der Waals surface area contributed by atoms with Crippen LogP contribution in [0.3, 0.4) is 0 Å². The monoisotopic (exact) mass is 379 g/mol. The van der Waals surface area contributed by atoms with Gasteiger partial charge < -0.3 is 5.32 Å². The zero-order valence-electron chi connectivity index (χ0n) is 14.1. The highest BCUT2D eigenvalue weighted by molar-refractivity contribution is 7.98. The van der Waals surface area contributed by atoms with Gasteiger partial charge in [0.15, 0.2) is 5.16 Å².